The van der Waals surface area contributed by atoms with Crippen LogP contribution in [0.25, 0.3) is 0 Å². The molecule has 26 heavy (non-hydrogen) atoms. The first-order valence-corrected chi connectivity index (χ1v) is 10.3. The molecule has 3 N–H and O–H groups in total. The third-order valence-corrected chi connectivity index (χ3v) is 5.15. The lowest BCUT2D eigenvalue weighted by Crippen LogP contribution is -2.53. The zero-order chi connectivity index (χ0) is 20.0. The average Bonchev–Trinajstić information content (AvgIpc) is 2.47. The lowest BCUT2D eigenvalue weighted by molar-refractivity contribution is -0.124. The van der Waals surface area contributed by atoms with Gasteiger partial charge in [-0.3, -0.25) is 14.2 Å². The number of nitrogens with zero attached hydrogens (tertiary/aromatic N) is 2. The lowest BCUT2D eigenvalue weighted by atomic mass is 9.76. The minimum absolute atomic E-state index is 0.0137. The summed E-state index contributed by atoms with van der Waals surface area (Å²) in [5, 5.41) is 3.08. The van der Waals surface area contributed by atoms with Gasteiger partial charge in [-0.15, -0.1) is 0 Å². The number of amides is 1. The van der Waals surface area contributed by atoms with Crippen molar-refractivity contribution in [2.45, 2.75) is 46.1 Å². The first kappa shape index (κ1) is 23.3. The Morgan fingerprint density at radius 1 is 1.19 bits per heavy atom. The quantitative estimate of drug-likeness (QED) is 0.357. The van der Waals surface area contributed by atoms with Crippen molar-refractivity contribution < 1.29 is 22.0 Å². The van der Waals surface area contributed by atoms with Gasteiger partial charge in [0, 0.05) is 38.3 Å². The molecule has 0 aromatic carbocycles. The van der Waals surface area contributed by atoms with Crippen LogP contribution in [0, 0.1) is 5.41 Å². The lowest BCUT2D eigenvalue weighted by Gasteiger charge is -2.38. The van der Waals surface area contributed by atoms with E-state index in [9.17, 15) is 13.2 Å². The molecule has 1 unspecified atom stereocenters. The van der Waals surface area contributed by atoms with E-state index in [-0.39, 0.29) is 17.9 Å². The van der Waals surface area contributed by atoms with Gasteiger partial charge in [0.2, 0.25) is 5.91 Å². The molecule has 1 aliphatic heterocycles. The summed E-state index contributed by atoms with van der Waals surface area (Å²) < 4.78 is 34.1. The van der Waals surface area contributed by atoms with E-state index in [1.807, 2.05) is 27.7 Å². The summed E-state index contributed by atoms with van der Waals surface area (Å²) in [5.41, 5.74) is 1.51. The molecule has 0 spiro atoms. The van der Waals surface area contributed by atoms with Crippen molar-refractivity contribution in [1.29, 1.82) is 0 Å². The molecule has 0 saturated carbocycles. The van der Waals surface area contributed by atoms with Crippen LogP contribution in [0.4, 0.5) is 0 Å². The number of likely N-dealkylation sites (N-methyl/N-ethyl adjacent to an activating group) is 1. The molecule has 0 aliphatic carbocycles. The second-order valence-electron chi connectivity index (χ2n) is 8.18. The van der Waals surface area contributed by atoms with E-state index in [1.165, 1.54) is 0 Å². The Labute approximate surface area is 157 Å². The van der Waals surface area contributed by atoms with Gasteiger partial charge in [-0.2, -0.15) is 18.2 Å². The maximum atomic E-state index is 12.4. The van der Waals surface area contributed by atoms with E-state index < -0.39 is 15.9 Å². The Balaban J connectivity index is 2.51. The number of rotatable bonds is 10. The summed E-state index contributed by atoms with van der Waals surface area (Å²) in [4.78, 5) is 16.8. The number of carbonyl (C=O) groups excluding carboxylic acids is 1. The van der Waals surface area contributed by atoms with Crippen molar-refractivity contribution in [3.63, 3.8) is 0 Å². The summed E-state index contributed by atoms with van der Waals surface area (Å²) in [6, 6.07) is 0. The first-order valence-electron chi connectivity index (χ1n) is 8.95. The van der Waals surface area contributed by atoms with Gasteiger partial charge in [0.15, 0.2) is 0 Å². The van der Waals surface area contributed by atoms with Gasteiger partial charge in [0.05, 0.1) is 6.54 Å². The predicted molar refractivity (Wildman–Crippen MR) is 99.8 cm³/mol. The molecule has 0 bridgehead atoms. The number of piperazine rings is 1. The first-order chi connectivity index (χ1) is 11.8. The molecule has 1 saturated heterocycles. The predicted octanol–water partition coefficient (Wildman–Crippen LogP) is 0.259. The number of carbonyl (C=O) groups is 1. The van der Waals surface area contributed by atoms with E-state index in [4.69, 9.17) is 4.55 Å². The fourth-order valence-corrected chi connectivity index (χ4v) is 3.54. The Hall–Kier alpha value is -0.780. The van der Waals surface area contributed by atoms with Crippen molar-refractivity contribution in [3.05, 3.63) is 0 Å². The summed E-state index contributed by atoms with van der Waals surface area (Å²) in [5.74, 6) is -0.0137. The Morgan fingerprint density at radius 2 is 1.77 bits per heavy atom. The molecule has 154 valence electrons. The van der Waals surface area contributed by atoms with Gasteiger partial charge in [-0.1, -0.05) is 13.8 Å². The van der Waals surface area contributed by atoms with Crippen molar-refractivity contribution in [1.82, 2.24) is 20.6 Å². The summed E-state index contributed by atoms with van der Waals surface area (Å²) >= 11 is 0. The highest BCUT2D eigenvalue weighted by atomic mass is 32.3. The van der Waals surface area contributed by atoms with Crippen LogP contribution in [-0.2, 0) is 19.5 Å². The van der Waals surface area contributed by atoms with E-state index in [2.05, 4.69) is 31.9 Å². The Morgan fingerprint density at radius 3 is 2.27 bits per heavy atom. The van der Waals surface area contributed by atoms with E-state index in [0.29, 0.717) is 13.0 Å². The highest BCUT2D eigenvalue weighted by Crippen LogP contribution is 2.31. The number of hydrogen-bond acceptors (Lipinski definition) is 7. The third kappa shape index (κ3) is 9.24. The molecule has 1 aliphatic rings. The monoisotopic (exact) mass is 394 g/mol. The van der Waals surface area contributed by atoms with Gasteiger partial charge in [0.25, 0.3) is 0 Å². The van der Waals surface area contributed by atoms with Crippen LogP contribution >= 0.6 is 0 Å². The van der Waals surface area contributed by atoms with Gasteiger partial charge in [-0.25, -0.2) is 0 Å². The highest BCUT2D eigenvalue weighted by Gasteiger charge is 2.33. The topological polar surface area (TPSA) is 111 Å². The molecule has 1 rings (SSSR count). The van der Waals surface area contributed by atoms with Gasteiger partial charge in [-0.05, 0) is 39.2 Å². The molecule has 0 aromatic rings. The zero-order valence-corrected chi connectivity index (χ0v) is 17.4. The fraction of sp³-hybridized carbons (Fsp3) is 0.938. The normalized spacial score (nSPS) is 19.9. The fourth-order valence-electron chi connectivity index (χ4n) is 3.33. The zero-order valence-electron chi connectivity index (χ0n) is 16.5. The molecule has 1 amide bonds. The molecule has 1 atom stereocenters. The number of hydroxylamine groups is 1. The minimum Gasteiger partial charge on any atom is -0.350 e. The molecule has 1 fully saturated rings. The minimum atomic E-state index is -4.53. The molecule has 10 heteroatoms. The van der Waals surface area contributed by atoms with Gasteiger partial charge < -0.3 is 10.2 Å². The van der Waals surface area contributed by atoms with Crippen LogP contribution < -0.4 is 10.8 Å². The molecule has 1 heterocycles. The SMILES string of the molecule is CCC(C)(CNOS(=O)(=O)O)CC(C)(C)NC(=O)CN1CCN(C)CC1. The smallest absolute Gasteiger partial charge is 0.350 e. The number of hydrogen-bond donors (Lipinski definition) is 3. The molecular weight excluding hydrogens is 360 g/mol. The highest BCUT2D eigenvalue weighted by molar-refractivity contribution is 7.80. The van der Waals surface area contributed by atoms with Crippen LogP contribution in [0.1, 0.15) is 40.5 Å². The van der Waals surface area contributed by atoms with Crippen molar-refractivity contribution in [2.24, 2.45) is 5.41 Å². The molecule has 0 aromatic heterocycles. The van der Waals surface area contributed by atoms with E-state index in [0.717, 1.165) is 32.6 Å². The second kappa shape index (κ2) is 9.43. The molecule has 9 nitrogen and oxygen atoms in total. The molecular formula is C16H34N4O5S. The standard InChI is InChI=1S/C16H34N4O5S/c1-6-16(4,13-17-25-26(22,23)24)12-15(2,3)18-14(21)11-20-9-7-19(5)8-10-20/h17H,6-13H2,1-5H3,(H,18,21)(H,22,23,24). The van der Waals surface area contributed by atoms with E-state index in [1.54, 1.807) is 0 Å². The van der Waals surface area contributed by atoms with Crippen LogP contribution in [0.15, 0.2) is 0 Å². The Bertz CT molecular complexity index is 561. The van der Waals surface area contributed by atoms with Crippen LogP contribution in [0.5, 0.6) is 0 Å². The van der Waals surface area contributed by atoms with E-state index >= 15 is 0 Å². The van der Waals surface area contributed by atoms with Gasteiger partial charge >= 0.3 is 10.4 Å². The summed E-state index contributed by atoms with van der Waals surface area (Å²) in [6.45, 7) is 12.2. The maximum Gasteiger partial charge on any atom is 0.413 e. The van der Waals surface area contributed by atoms with Crippen molar-refractivity contribution in [3.8, 4) is 0 Å². The van der Waals surface area contributed by atoms with Crippen LogP contribution in [0.2, 0.25) is 0 Å². The molecule has 0 radical (unpaired) electrons. The van der Waals surface area contributed by atoms with Crippen LogP contribution in [-0.4, -0.2) is 80.5 Å². The summed E-state index contributed by atoms with van der Waals surface area (Å²) in [6.07, 6.45) is 1.36. The third-order valence-electron chi connectivity index (χ3n) is 4.83. The summed E-state index contributed by atoms with van der Waals surface area (Å²) in [7, 11) is -2.45. The maximum absolute atomic E-state index is 12.4. The number of nitrogens with one attached hydrogen (secondary N) is 2. The van der Waals surface area contributed by atoms with Crippen molar-refractivity contribution in [2.75, 3.05) is 46.3 Å². The second-order valence-corrected chi connectivity index (χ2v) is 9.21. The largest absolute Gasteiger partial charge is 0.413 e. The average molecular weight is 395 g/mol. The van der Waals surface area contributed by atoms with Crippen molar-refractivity contribution >= 4 is 16.3 Å². The van der Waals surface area contributed by atoms with Crippen LogP contribution in [0.3, 0.4) is 0 Å². The Kier molecular flexibility index (Phi) is 8.43. The van der Waals surface area contributed by atoms with Gasteiger partial charge in [0.1, 0.15) is 0 Å².